The van der Waals surface area contributed by atoms with Gasteiger partial charge in [-0.3, -0.25) is 4.79 Å². The molecule has 0 spiro atoms. The zero-order valence-electron chi connectivity index (χ0n) is 9.88. The van der Waals surface area contributed by atoms with Crippen molar-refractivity contribution in [2.24, 2.45) is 0 Å². The van der Waals surface area contributed by atoms with Gasteiger partial charge in [-0.05, 0) is 24.6 Å². The van der Waals surface area contributed by atoms with E-state index in [1.54, 1.807) is 23.8 Å². The third kappa shape index (κ3) is 1.89. The van der Waals surface area contributed by atoms with Gasteiger partial charge in [0.1, 0.15) is 0 Å². The standard InChI is InChI=1S/C13H13NO4/c1-8-4-9(13(17)18)5-11-10(7-16)6-14(2-3-15)12(8)11/h4-7,15H,2-3H2,1H3,(H,17,18). The van der Waals surface area contributed by atoms with E-state index in [2.05, 4.69) is 0 Å². The molecule has 0 aliphatic rings. The lowest BCUT2D eigenvalue weighted by molar-refractivity contribution is 0.0696. The Morgan fingerprint density at radius 1 is 1.44 bits per heavy atom. The number of carbonyl (C=O) groups excluding carboxylic acids is 1. The number of aryl methyl sites for hydroxylation is 1. The predicted molar refractivity (Wildman–Crippen MR) is 66.1 cm³/mol. The molecule has 18 heavy (non-hydrogen) atoms. The van der Waals surface area contributed by atoms with Crippen molar-refractivity contribution in [3.05, 3.63) is 35.0 Å². The Kier molecular flexibility index (Phi) is 3.16. The van der Waals surface area contributed by atoms with Crippen LogP contribution < -0.4 is 0 Å². The zero-order valence-corrected chi connectivity index (χ0v) is 9.88. The Balaban J connectivity index is 2.78. The molecular formula is C13H13NO4. The summed E-state index contributed by atoms with van der Waals surface area (Å²) in [5, 5.41) is 18.6. The summed E-state index contributed by atoms with van der Waals surface area (Å²) in [6.45, 7) is 2.12. The van der Waals surface area contributed by atoms with E-state index < -0.39 is 5.97 Å². The van der Waals surface area contributed by atoms with Crippen LogP contribution in [0.4, 0.5) is 0 Å². The van der Waals surface area contributed by atoms with Gasteiger partial charge in [-0.25, -0.2) is 4.79 Å². The van der Waals surface area contributed by atoms with Crippen molar-refractivity contribution in [3.8, 4) is 0 Å². The van der Waals surface area contributed by atoms with E-state index in [0.29, 0.717) is 23.8 Å². The maximum Gasteiger partial charge on any atom is 0.335 e. The summed E-state index contributed by atoms with van der Waals surface area (Å²) in [5.41, 5.74) is 2.15. The van der Waals surface area contributed by atoms with Crippen LogP contribution in [-0.4, -0.2) is 33.6 Å². The molecule has 0 aliphatic heterocycles. The van der Waals surface area contributed by atoms with Crippen molar-refractivity contribution in [2.75, 3.05) is 6.61 Å². The number of aromatic nitrogens is 1. The second kappa shape index (κ2) is 4.62. The fourth-order valence-corrected chi connectivity index (χ4v) is 2.18. The van der Waals surface area contributed by atoms with Crippen LogP contribution in [0.25, 0.3) is 10.9 Å². The minimum Gasteiger partial charge on any atom is -0.478 e. The molecule has 2 aromatic rings. The fraction of sp³-hybridized carbons (Fsp3) is 0.231. The van der Waals surface area contributed by atoms with E-state index in [9.17, 15) is 9.59 Å². The molecule has 1 aromatic heterocycles. The Bertz CT molecular complexity index is 627. The lowest BCUT2D eigenvalue weighted by Crippen LogP contribution is -2.02. The number of nitrogens with zero attached hydrogens (tertiary/aromatic N) is 1. The van der Waals surface area contributed by atoms with Crippen LogP contribution in [-0.2, 0) is 6.54 Å². The summed E-state index contributed by atoms with van der Waals surface area (Å²) in [5.74, 6) is -1.02. The number of aldehydes is 1. The maximum atomic E-state index is 11.0. The molecule has 94 valence electrons. The molecule has 0 saturated carbocycles. The lowest BCUT2D eigenvalue weighted by atomic mass is 10.1. The number of carbonyl (C=O) groups is 2. The molecule has 0 saturated heterocycles. The Labute approximate surface area is 103 Å². The first-order valence-electron chi connectivity index (χ1n) is 5.51. The van der Waals surface area contributed by atoms with Crippen LogP contribution in [0.2, 0.25) is 0 Å². The number of hydrogen-bond donors (Lipinski definition) is 2. The highest BCUT2D eigenvalue weighted by molar-refractivity contribution is 6.02. The molecule has 1 aromatic carbocycles. The van der Waals surface area contributed by atoms with Gasteiger partial charge in [-0.1, -0.05) is 0 Å². The quantitative estimate of drug-likeness (QED) is 0.801. The minimum absolute atomic E-state index is 0.0395. The SMILES string of the molecule is Cc1cc(C(=O)O)cc2c(C=O)cn(CCO)c12. The van der Waals surface area contributed by atoms with Gasteiger partial charge in [0.05, 0.1) is 17.7 Å². The summed E-state index contributed by atoms with van der Waals surface area (Å²) in [4.78, 5) is 22.0. The second-order valence-electron chi connectivity index (χ2n) is 4.11. The molecule has 0 radical (unpaired) electrons. The summed E-state index contributed by atoms with van der Waals surface area (Å²) in [6.07, 6.45) is 2.33. The molecule has 2 N–H and O–H groups in total. The van der Waals surface area contributed by atoms with E-state index in [-0.39, 0.29) is 12.2 Å². The number of fused-ring (bicyclic) bond motifs is 1. The summed E-state index contributed by atoms with van der Waals surface area (Å²) in [6, 6.07) is 3.05. The van der Waals surface area contributed by atoms with Gasteiger partial charge < -0.3 is 14.8 Å². The van der Waals surface area contributed by atoms with Crippen molar-refractivity contribution in [1.29, 1.82) is 0 Å². The smallest absolute Gasteiger partial charge is 0.335 e. The van der Waals surface area contributed by atoms with Gasteiger partial charge in [-0.2, -0.15) is 0 Å². The van der Waals surface area contributed by atoms with E-state index in [1.807, 2.05) is 0 Å². The third-order valence-electron chi connectivity index (χ3n) is 2.91. The molecule has 1 heterocycles. The van der Waals surface area contributed by atoms with Gasteiger partial charge in [0.15, 0.2) is 6.29 Å². The summed E-state index contributed by atoms with van der Waals surface area (Å²) >= 11 is 0. The van der Waals surface area contributed by atoms with E-state index >= 15 is 0 Å². The van der Waals surface area contributed by atoms with Crippen LogP contribution in [0, 0.1) is 6.92 Å². The number of rotatable bonds is 4. The van der Waals surface area contributed by atoms with Gasteiger partial charge in [0.2, 0.25) is 0 Å². The number of aliphatic hydroxyl groups is 1. The van der Waals surface area contributed by atoms with E-state index in [0.717, 1.165) is 11.1 Å². The molecule has 5 heteroatoms. The largest absolute Gasteiger partial charge is 0.478 e. The van der Waals surface area contributed by atoms with Crippen molar-refractivity contribution in [2.45, 2.75) is 13.5 Å². The molecule has 5 nitrogen and oxygen atoms in total. The fourth-order valence-electron chi connectivity index (χ4n) is 2.18. The minimum atomic E-state index is -1.02. The van der Waals surface area contributed by atoms with Gasteiger partial charge in [0, 0.05) is 23.7 Å². The average Bonchev–Trinajstić information content (AvgIpc) is 2.68. The number of carboxylic acid groups (broad SMARTS) is 1. The van der Waals surface area contributed by atoms with Gasteiger partial charge in [0.25, 0.3) is 0 Å². The van der Waals surface area contributed by atoms with Crippen molar-refractivity contribution < 1.29 is 19.8 Å². The summed E-state index contributed by atoms with van der Waals surface area (Å²) in [7, 11) is 0. The number of aromatic carboxylic acids is 1. The molecule has 2 rings (SSSR count). The second-order valence-corrected chi connectivity index (χ2v) is 4.11. The topological polar surface area (TPSA) is 79.5 Å². The normalized spacial score (nSPS) is 10.8. The molecule has 0 fully saturated rings. The number of aliphatic hydroxyl groups excluding tert-OH is 1. The van der Waals surface area contributed by atoms with Gasteiger partial charge in [-0.15, -0.1) is 0 Å². The monoisotopic (exact) mass is 247 g/mol. The first-order valence-corrected chi connectivity index (χ1v) is 5.51. The van der Waals surface area contributed by atoms with E-state index in [1.165, 1.54) is 6.07 Å². The highest BCUT2D eigenvalue weighted by Gasteiger charge is 2.14. The van der Waals surface area contributed by atoms with Crippen LogP contribution in [0.15, 0.2) is 18.3 Å². The number of hydrogen-bond acceptors (Lipinski definition) is 3. The van der Waals surface area contributed by atoms with Crippen molar-refractivity contribution >= 4 is 23.2 Å². The third-order valence-corrected chi connectivity index (χ3v) is 2.91. The van der Waals surface area contributed by atoms with E-state index in [4.69, 9.17) is 10.2 Å². The van der Waals surface area contributed by atoms with Crippen molar-refractivity contribution in [3.63, 3.8) is 0 Å². The Morgan fingerprint density at radius 2 is 2.17 bits per heavy atom. The number of benzene rings is 1. The summed E-state index contributed by atoms with van der Waals surface area (Å²) < 4.78 is 1.76. The van der Waals surface area contributed by atoms with Gasteiger partial charge >= 0.3 is 5.97 Å². The highest BCUT2D eigenvalue weighted by Crippen LogP contribution is 2.25. The van der Waals surface area contributed by atoms with Crippen LogP contribution in [0.5, 0.6) is 0 Å². The first-order chi connectivity index (χ1) is 8.58. The lowest BCUT2D eigenvalue weighted by Gasteiger charge is -2.06. The number of carboxylic acids is 1. The molecular weight excluding hydrogens is 234 g/mol. The molecule has 0 unspecified atom stereocenters. The first kappa shape index (κ1) is 12.3. The molecule has 0 amide bonds. The molecule has 0 aliphatic carbocycles. The Morgan fingerprint density at radius 3 is 2.72 bits per heavy atom. The predicted octanol–water partition coefficient (Wildman–Crippen LogP) is 1.45. The van der Waals surface area contributed by atoms with Crippen LogP contribution in [0.3, 0.4) is 0 Å². The van der Waals surface area contributed by atoms with Crippen molar-refractivity contribution in [1.82, 2.24) is 4.57 Å². The molecule has 0 bridgehead atoms. The molecule has 0 atom stereocenters. The van der Waals surface area contributed by atoms with Crippen LogP contribution in [0.1, 0.15) is 26.3 Å². The maximum absolute atomic E-state index is 11.0. The van der Waals surface area contributed by atoms with Crippen LogP contribution >= 0.6 is 0 Å². The zero-order chi connectivity index (χ0) is 13.3. The highest BCUT2D eigenvalue weighted by atomic mass is 16.4. The Hall–Kier alpha value is -2.14. The average molecular weight is 247 g/mol.